The van der Waals surface area contributed by atoms with Crippen molar-refractivity contribution in [3.8, 4) is 0 Å². The van der Waals surface area contributed by atoms with Crippen LogP contribution in [0, 0.1) is 10.1 Å². The van der Waals surface area contributed by atoms with Gasteiger partial charge < -0.3 is 19.5 Å². The number of ether oxygens (including phenoxy) is 1. The summed E-state index contributed by atoms with van der Waals surface area (Å²) in [6, 6.07) is 8.38. The second-order valence-electron chi connectivity index (χ2n) is 7.65. The van der Waals surface area contributed by atoms with Gasteiger partial charge in [0, 0.05) is 22.7 Å². The number of β-lactam (4-membered cyclic amide) rings is 1. The summed E-state index contributed by atoms with van der Waals surface area (Å²) in [5, 5.41) is 12.1. The molecule has 4 unspecified atom stereocenters. The highest BCUT2D eigenvalue weighted by Crippen LogP contribution is 2.29. The van der Waals surface area contributed by atoms with E-state index in [1.165, 1.54) is 55.5 Å². The number of hydrogen-bond acceptors (Lipinski definition) is 7. The maximum atomic E-state index is 12.9. The molecular formula is C22H20ClN3O8S. The Labute approximate surface area is 207 Å². The van der Waals surface area contributed by atoms with Gasteiger partial charge in [0.2, 0.25) is 0 Å². The number of carbonyl (C=O) groups excluding carboxylic acids is 3. The van der Waals surface area contributed by atoms with Crippen molar-refractivity contribution < 1.29 is 32.8 Å². The largest absolute Gasteiger partial charge is 0.459 e. The van der Waals surface area contributed by atoms with Crippen molar-refractivity contribution in [2.75, 3.05) is 0 Å². The Morgan fingerprint density at radius 1 is 1.26 bits per heavy atom. The van der Waals surface area contributed by atoms with Crippen LogP contribution < -0.4 is 5.32 Å². The lowest BCUT2D eigenvalue weighted by Crippen LogP contribution is -2.75. The Bertz CT molecular complexity index is 1200. The highest BCUT2D eigenvalue weighted by Gasteiger charge is 2.56. The Balaban J connectivity index is 1.72. The zero-order valence-electron chi connectivity index (χ0n) is 18.3. The average Bonchev–Trinajstić information content (AvgIpc) is 2.81. The van der Waals surface area contributed by atoms with Crippen LogP contribution in [-0.4, -0.2) is 53.8 Å². The Kier molecular flexibility index (Phi) is 7.99. The van der Waals surface area contributed by atoms with E-state index in [0.29, 0.717) is 10.6 Å². The standard InChI is InChI=1S/C22H20ClN3O8S/c1-12(2)18(22(29)34-11-13-3-9-16(10-4-13)26(30)31)25-20(28)17(21(25)35(32)33)24-19(27)14-5-7-15(23)8-6-14/h3-10,17-18,21H,1,11H2,2H3,(H,24,27)(H,32,33). The third-order valence-corrected chi connectivity index (χ3v) is 6.34. The first-order valence-electron chi connectivity index (χ1n) is 10.0. The van der Waals surface area contributed by atoms with Crippen LogP contribution in [0.25, 0.3) is 0 Å². The molecule has 0 radical (unpaired) electrons. The summed E-state index contributed by atoms with van der Waals surface area (Å²) in [6.07, 6.45) is 0. The number of nitrogens with one attached hydrogen (secondary N) is 1. The van der Waals surface area contributed by atoms with Gasteiger partial charge in [-0.05, 0) is 54.5 Å². The van der Waals surface area contributed by atoms with Crippen molar-refractivity contribution >= 4 is 46.2 Å². The molecule has 3 rings (SSSR count). The highest BCUT2D eigenvalue weighted by atomic mass is 35.5. The van der Waals surface area contributed by atoms with Crippen LogP contribution in [-0.2, 0) is 32.0 Å². The van der Waals surface area contributed by atoms with Crippen LogP contribution in [0.2, 0.25) is 5.02 Å². The first-order valence-corrected chi connectivity index (χ1v) is 11.6. The van der Waals surface area contributed by atoms with Gasteiger partial charge in [-0.3, -0.25) is 19.7 Å². The van der Waals surface area contributed by atoms with Gasteiger partial charge in [-0.1, -0.05) is 18.2 Å². The molecule has 1 saturated heterocycles. The monoisotopic (exact) mass is 521 g/mol. The number of rotatable bonds is 9. The first kappa shape index (κ1) is 26.0. The van der Waals surface area contributed by atoms with Gasteiger partial charge in [0.1, 0.15) is 12.6 Å². The van der Waals surface area contributed by atoms with Crippen molar-refractivity contribution in [1.29, 1.82) is 0 Å². The summed E-state index contributed by atoms with van der Waals surface area (Å²) in [5.41, 5.74) is 0.674. The van der Waals surface area contributed by atoms with Crippen molar-refractivity contribution in [3.63, 3.8) is 0 Å². The molecule has 2 N–H and O–H groups in total. The smallest absolute Gasteiger partial charge is 0.333 e. The quantitative estimate of drug-likeness (QED) is 0.127. The average molecular weight is 522 g/mol. The summed E-state index contributed by atoms with van der Waals surface area (Å²) in [7, 11) is 0. The number of amides is 2. The van der Waals surface area contributed by atoms with Crippen LogP contribution >= 0.6 is 11.6 Å². The van der Waals surface area contributed by atoms with Gasteiger partial charge in [-0.25, -0.2) is 9.00 Å². The lowest BCUT2D eigenvalue weighted by atomic mass is 9.99. The number of nitro groups is 1. The predicted molar refractivity (Wildman–Crippen MR) is 126 cm³/mol. The minimum Gasteiger partial charge on any atom is -0.459 e. The summed E-state index contributed by atoms with van der Waals surface area (Å²) >= 11 is 3.18. The molecule has 2 amide bonds. The van der Waals surface area contributed by atoms with Crippen molar-refractivity contribution in [2.24, 2.45) is 0 Å². The molecule has 1 fully saturated rings. The second-order valence-corrected chi connectivity index (χ2v) is 9.12. The fourth-order valence-corrected chi connectivity index (χ4v) is 4.40. The van der Waals surface area contributed by atoms with Crippen LogP contribution in [0.1, 0.15) is 22.8 Å². The molecule has 4 atom stereocenters. The van der Waals surface area contributed by atoms with Gasteiger partial charge in [0.25, 0.3) is 17.5 Å². The molecule has 0 spiro atoms. The van der Waals surface area contributed by atoms with E-state index in [2.05, 4.69) is 11.9 Å². The lowest BCUT2D eigenvalue weighted by molar-refractivity contribution is -0.384. The van der Waals surface area contributed by atoms with Crippen molar-refractivity contribution in [1.82, 2.24) is 10.2 Å². The summed E-state index contributed by atoms with van der Waals surface area (Å²) in [5.74, 6) is -2.34. The predicted octanol–water partition coefficient (Wildman–Crippen LogP) is 2.42. The van der Waals surface area contributed by atoms with Crippen LogP contribution in [0.3, 0.4) is 0 Å². The number of nitrogens with zero attached hydrogens (tertiary/aromatic N) is 2. The fraction of sp³-hybridized carbons (Fsp3) is 0.227. The zero-order valence-corrected chi connectivity index (χ0v) is 19.8. The van der Waals surface area contributed by atoms with E-state index in [4.69, 9.17) is 16.3 Å². The van der Waals surface area contributed by atoms with E-state index in [-0.39, 0.29) is 23.4 Å². The van der Waals surface area contributed by atoms with Gasteiger partial charge in [0.15, 0.2) is 22.5 Å². The number of halogens is 1. The summed E-state index contributed by atoms with van der Waals surface area (Å²) in [6.45, 7) is 4.87. The molecule has 2 aromatic carbocycles. The molecule has 1 aliphatic heterocycles. The molecule has 13 heteroatoms. The van der Waals surface area contributed by atoms with E-state index in [9.17, 15) is 33.3 Å². The second kappa shape index (κ2) is 10.8. The van der Waals surface area contributed by atoms with Crippen LogP contribution in [0.15, 0.2) is 60.7 Å². The molecule has 2 aromatic rings. The summed E-state index contributed by atoms with van der Waals surface area (Å²) < 4.78 is 27.1. The van der Waals surface area contributed by atoms with Gasteiger partial charge in [-0.2, -0.15) is 0 Å². The highest BCUT2D eigenvalue weighted by molar-refractivity contribution is 7.80. The van der Waals surface area contributed by atoms with E-state index >= 15 is 0 Å². The van der Waals surface area contributed by atoms with E-state index in [1.807, 2.05) is 0 Å². The number of esters is 1. The Morgan fingerprint density at radius 3 is 2.37 bits per heavy atom. The Morgan fingerprint density at radius 2 is 1.86 bits per heavy atom. The van der Waals surface area contributed by atoms with Crippen LogP contribution in [0.4, 0.5) is 5.69 Å². The summed E-state index contributed by atoms with van der Waals surface area (Å²) in [4.78, 5) is 49.2. The maximum Gasteiger partial charge on any atom is 0.333 e. The number of carbonyl (C=O) groups is 3. The third-order valence-electron chi connectivity index (χ3n) is 5.18. The SMILES string of the molecule is C=C(C)C(C(=O)OCc1ccc([N+](=O)[O-])cc1)N1C(=O)C(NC(=O)c2ccc(Cl)cc2)C1S(=O)O. The Hall–Kier alpha value is -3.61. The van der Waals surface area contributed by atoms with E-state index in [0.717, 1.165) is 4.90 Å². The number of non-ortho nitro benzene ring substituents is 1. The molecule has 0 saturated carbocycles. The molecule has 1 heterocycles. The molecule has 11 nitrogen and oxygen atoms in total. The molecule has 35 heavy (non-hydrogen) atoms. The first-order chi connectivity index (χ1) is 16.5. The molecule has 184 valence electrons. The maximum absolute atomic E-state index is 12.9. The normalized spacial score (nSPS) is 18.7. The third kappa shape index (κ3) is 5.73. The molecular weight excluding hydrogens is 502 g/mol. The number of hydrogen-bond donors (Lipinski definition) is 2. The number of likely N-dealkylation sites (tertiary alicyclic amines) is 1. The van der Waals surface area contributed by atoms with Gasteiger partial charge in [0.05, 0.1) is 4.92 Å². The zero-order chi connectivity index (χ0) is 25.9. The van der Waals surface area contributed by atoms with Gasteiger partial charge in [-0.15, -0.1) is 0 Å². The number of benzene rings is 2. The lowest BCUT2D eigenvalue weighted by Gasteiger charge is -2.48. The molecule has 1 aliphatic rings. The van der Waals surface area contributed by atoms with Crippen molar-refractivity contribution in [3.05, 3.63) is 86.9 Å². The topological polar surface area (TPSA) is 156 Å². The van der Waals surface area contributed by atoms with Crippen molar-refractivity contribution in [2.45, 2.75) is 31.0 Å². The van der Waals surface area contributed by atoms with E-state index < -0.39 is 51.2 Å². The number of nitro benzene ring substituents is 1. The molecule has 0 aromatic heterocycles. The van der Waals surface area contributed by atoms with E-state index in [1.54, 1.807) is 0 Å². The molecule has 0 bridgehead atoms. The fourth-order valence-electron chi connectivity index (χ4n) is 3.43. The minimum atomic E-state index is -2.63. The van der Waals surface area contributed by atoms with Crippen LogP contribution in [0.5, 0.6) is 0 Å². The van der Waals surface area contributed by atoms with Gasteiger partial charge >= 0.3 is 5.97 Å². The minimum absolute atomic E-state index is 0.133. The molecule has 0 aliphatic carbocycles.